The van der Waals surface area contributed by atoms with Crippen LogP contribution in [-0.4, -0.2) is 17.1 Å². The number of hydrogen-bond donors (Lipinski definition) is 1. The smallest absolute Gasteiger partial charge is 0.376 e. The zero-order valence-electron chi connectivity index (χ0n) is 6.49. The minimum Gasteiger partial charge on any atom is -0.376 e. The van der Waals surface area contributed by atoms with Crippen molar-refractivity contribution in [2.24, 2.45) is 5.92 Å². The normalized spacial score (nSPS) is 36.5. The van der Waals surface area contributed by atoms with Crippen molar-refractivity contribution in [3.8, 4) is 0 Å². The molecule has 0 spiro atoms. The number of allylic oxidation sites excluding steroid dienone is 2. The van der Waals surface area contributed by atoms with Gasteiger partial charge in [-0.05, 0) is 6.08 Å². The lowest BCUT2D eigenvalue weighted by molar-refractivity contribution is -0.143. The third kappa shape index (κ3) is 1.23. The molecule has 13 heavy (non-hydrogen) atoms. The molecule has 68 valence electrons. The van der Waals surface area contributed by atoms with Crippen LogP contribution in [0.2, 0.25) is 0 Å². The maximum Gasteiger partial charge on any atom is 0.416 e. The van der Waals surface area contributed by atoms with Crippen molar-refractivity contribution in [3.05, 3.63) is 24.3 Å². The van der Waals surface area contributed by atoms with Crippen LogP contribution in [0.3, 0.4) is 0 Å². The first-order valence-electron chi connectivity index (χ1n) is 3.70. The number of amides is 1. The third-order valence-corrected chi connectivity index (χ3v) is 2.40. The molecule has 1 heterocycles. The Morgan fingerprint density at radius 2 is 2.23 bits per heavy atom. The molecule has 5 heteroatoms. The van der Waals surface area contributed by atoms with E-state index in [9.17, 15) is 9.59 Å². The molecule has 0 radical (unpaired) electrons. The first-order chi connectivity index (χ1) is 6.12. The van der Waals surface area contributed by atoms with E-state index in [1.54, 1.807) is 24.3 Å². The number of ether oxygens (including phenoxy) is 1. The fourth-order valence-corrected chi connectivity index (χ4v) is 1.63. The largest absolute Gasteiger partial charge is 0.416 e. The van der Waals surface area contributed by atoms with Gasteiger partial charge < -0.3 is 4.74 Å². The molecule has 0 aromatic carbocycles. The lowest BCUT2D eigenvalue weighted by Crippen LogP contribution is -2.56. The number of fused-ring (bicyclic) bond motifs is 1. The van der Waals surface area contributed by atoms with Crippen LogP contribution < -0.4 is 5.32 Å². The van der Waals surface area contributed by atoms with E-state index in [0.717, 1.165) is 0 Å². The number of cyclic esters (lactones) is 2. The summed E-state index contributed by atoms with van der Waals surface area (Å²) in [6.07, 6.45) is 5.69. The number of carbonyl (C=O) groups excluding carboxylic acids is 2. The number of alkyl halides is 1. The zero-order chi connectivity index (χ0) is 9.47. The summed E-state index contributed by atoms with van der Waals surface area (Å²) in [5.74, 6) is -1.27. The first kappa shape index (κ1) is 8.31. The van der Waals surface area contributed by atoms with Crippen LogP contribution in [0.4, 0.5) is 4.79 Å². The first-order valence-corrected chi connectivity index (χ1v) is 4.08. The van der Waals surface area contributed by atoms with Crippen molar-refractivity contribution in [1.82, 2.24) is 5.32 Å². The highest BCUT2D eigenvalue weighted by Gasteiger charge is 2.46. The summed E-state index contributed by atoms with van der Waals surface area (Å²) in [6.45, 7) is 0. The molecular formula is C8H6ClNO3. The summed E-state index contributed by atoms with van der Waals surface area (Å²) >= 11 is 6.00. The zero-order valence-corrected chi connectivity index (χ0v) is 7.25. The molecule has 0 aromatic heterocycles. The molecule has 1 N–H and O–H groups in total. The van der Waals surface area contributed by atoms with Gasteiger partial charge >= 0.3 is 12.1 Å². The predicted octanol–water partition coefficient (Wildman–Crippen LogP) is 0.930. The average molecular weight is 200 g/mol. The third-order valence-electron chi connectivity index (χ3n) is 1.95. The van der Waals surface area contributed by atoms with Crippen molar-refractivity contribution in [2.45, 2.75) is 5.00 Å². The van der Waals surface area contributed by atoms with Gasteiger partial charge in [-0.1, -0.05) is 29.8 Å². The Bertz CT molecular complexity index is 336. The van der Waals surface area contributed by atoms with Gasteiger partial charge in [0.15, 0.2) is 5.00 Å². The number of nitrogens with one attached hydrogen (secondary N) is 1. The van der Waals surface area contributed by atoms with E-state index < -0.39 is 23.0 Å². The maximum atomic E-state index is 11.2. The van der Waals surface area contributed by atoms with E-state index in [0.29, 0.717) is 0 Å². The van der Waals surface area contributed by atoms with Gasteiger partial charge in [0.25, 0.3) is 0 Å². The van der Waals surface area contributed by atoms with E-state index in [-0.39, 0.29) is 0 Å². The summed E-state index contributed by atoms with van der Waals surface area (Å²) in [5, 5.41) is 2.37. The van der Waals surface area contributed by atoms with Crippen molar-refractivity contribution in [3.63, 3.8) is 0 Å². The number of rotatable bonds is 0. The molecule has 2 atom stereocenters. The van der Waals surface area contributed by atoms with E-state index in [1.807, 2.05) is 0 Å². The standard InChI is InChI=1S/C8H6ClNO3/c9-8-4-2-1-3-5(8)6(11)13-7(12)10-8/h1-5H,(H,10,12). The minimum absolute atomic E-state index is 0.626. The molecule has 1 fully saturated rings. The Morgan fingerprint density at radius 1 is 1.46 bits per heavy atom. The van der Waals surface area contributed by atoms with Crippen LogP contribution in [-0.2, 0) is 9.53 Å². The fraction of sp³-hybridized carbons (Fsp3) is 0.250. The summed E-state index contributed by atoms with van der Waals surface area (Å²) in [7, 11) is 0. The molecule has 1 amide bonds. The van der Waals surface area contributed by atoms with Gasteiger partial charge in [-0.15, -0.1) is 0 Å². The van der Waals surface area contributed by atoms with E-state index >= 15 is 0 Å². The number of carbonyl (C=O) groups is 2. The monoisotopic (exact) mass is 199 g/mol. The van der Waals surface area contributed by atoms with Gasteiger partial charge in [-0.25, -0.2) is 4.79 Å². The molecule has 1 aliphatic carbocycles. The summed E-state index contributed by atoms with van der Waals surface area (Å²) in [5.41, 5.74) is 0. The van der Waals surface area contributed by atoms with Crippen LogP contribution in [0.25, 0.3) is 0 Å². The molecule has 0 aromatic rings. The summed E-state index contributed by atoms with van der Waals surface area (Å²) < 4.78 is 4.36. The van der Waals surface area contributed by atoms with Gasteiger partial charge in [0.05, 0.1) is 0 Å². The molecule has 1 aliphatic heterocycles. The highest BCUT2D eigenvalue weighted by molar-refractivity contribution is 6.28. The Morgan fingerprint density at radius 3 is 3.00 bits per heavy atom. The highest BCUT2D eigenvalue weighted by atomic mass is 35.5. The predicted molar refractivity (Wildman–Crippen MR) is 45.0 cm³/mol. The van der Waals surface area contributed by atoms with Gasteiger partial charge in [-0.2, -0.15) is 0 Å². The van der Waals surface area contributed by atoms with Crippen molar-refractivity contribution in [1.29, 1.82) is 0 Å². The van der Waals surface area contributed by atoms with Gasteiger partial charge in [-0.3, -0.25) is 10.1 Å². The Kier molecular flexibility index (Phi) is 1.66. The molecule has 0 saturated carbocycles. The molecule has 2 unspecified atom stereocenters. The second-order valence-corrected chi connectivity index (χ2v) is 3.45. The molecule has 2 aliphatic rings. The number of hydrogen-bond acceptors (Lipinski definition) is 3. The average Bonchev–Trinajstić information content (AvgIpc) is 2.01. The number of esters is 1. The van der Waals surface area contributed by atoms with Gasteiger partial charge in [0.2, 0.25) is 0 Å². The SMILES string of the molecule is O=C1NC2(Cl)C=CC=CC2C(=O)O1. The van der Waals surface area contributed by atoms with Crippen LogP contribution in [0.5, 0.6) is 0 Å². The summed E-state index contributed by atoms with van der Waals surface area (Å²) in [4.78, 5) is 20.9. The second-order valence-electron chi connectivity index (χ2n) is 2.82. The lowest BCUT2D eigenvalue weighted by atomic mass is 9.93. The lowest BCUT2D eigenvalue weighted by Gasteiger charge is -2.34. The van der Waals surface area contributed by atoms with E-state index in [4.69, 9.17) is 11.6 Å². The molecule has 1 saturated heterocycles. The highest BCUT2D eigenvalue weighted by Crippen LogP contribution is 2.32. The summed E-state index contributed by atoms with van der Waals surface area (Å²) in [6, 6.07) is 0. The van der Waals surface area contributed by atoms with E-state index in [2.05, 4.69) is 10.1 Å². The molecule has 2 rings (SSSR count). The van der Waals surface area contributed by atoms with Crippen LogP contribution in [0, 0.1) is 5.92 Å². The number of halogens is 1. The molecule has 4 nitrogen and oxygen atoms in total. The molecule has 0 bridgehead atoms. The second kappa shape index (κ2) is 2.60. The van der Waals surface area contributed by atoms with Gasteiger partial charge in [0, 0.05) is 0 Å². The van der Waals surface area contributed by atoms with Crippen LogP contribution in [0.15, 0.2) is 24.3 Å². The quantitative estimate of drug-likeness (QED) is 0.273. The molecular weight excluding hydrogens is 194 g/mol. The fourth-order valence-electron chi connectivity index (χ4n) is 1.32. The Hall–Kier alpha value is -1.29. The van der Waals surface area contributed by atoms with Gasteiger partial charge in [0.1, 0.15) is 5.92 Å². The maximum absolute atomic E-state index is 11.2. The van der Waals surface area contributed by atoms with E-state index in [1.165, 1.54) is 0 Å². The van der Waals surface area contributed by atoms with Crippen LogP contribution in [0.1, 0.15) is 0 Å². The van der Waals surface area contributed by atoms with Crippen molar-refractivity contribution in [2.75, 3.05) is 0 Å². The Labute approximate surface area is 79.2 Å². The van der Waals surface area contributed by atoms with Crippen LogP contribution >= 0.6 is 11.6 Å². The van der Waals surface area contributed by atoms with Crippen molar-refractivity contribution >= 4 is 23.7 Å². The minimum atomic E-state index is -1.15. The van der Waals surface area contributed by atoms with Crippen molar-refractivity contribution < 1.29 is 14.3 Å². The number of alkyl carbamates (subject to hydrolysis) is 1. The topological polar surface area (TPSA) is 55.4 Å². The Balaban J connectivity index is 2.37.